The van der Waals surface area contributed by atoms with E-state index in [0.717, 1.165) is 0 Å². The van der Waals surface area contributed by atoms with Crippen LogP contribution in [0.2, 0.25) is 10.0 Å². The van der Waals surface area contributed by atoms with Gasteiger partial charge in [-0.25, -0.2) is 15.6 Å². The average Bonchev–Trinajstić information content (AvgIpc) is 3.29. The summed E-state index contributed by atoms with van der Waals surface area (Å²) in [6, 6.07) is 11.8. The number of urea groups is 1. The van der Waals surface area contributed by atoms with Gasteiger partial charge in [-0.2, -0.15) is 11.1 Å². The van der Waals surface area contributed by atoms with Crippen molar-refractivity contribution in [1.82, 2.24) is 26.8 Å². The normalized spacial score (nSPS) is 20.2. The molecule has 2 aromatic carbocycles. The highest BCUT2D eigenvalue weighted by Crippen LogP contribution is 2.31. The summed E-state index contributed by atoms with van der Waals surface area (Å²) in [5, 5.41) is 0.681. The van der Waals surface area contributed by atoms with E-state index in [1.54, 1.807) is 54.5 Å². The van der Waals surface area contributed by atoms with E-state index in [1.807, 2.05) is 0 Å². The standard InChI is InChI=1S/C19H20Cl2N6O3/c1-30-13-7-5-12(6-8-13)26-10-14(17-22-24-25-23-17)18(28)27(19(26)29)9-11-3-2-4-15(20)16(11)21/h2-8,14,17,22-25H,9-10H2,1H3. The topological polar surface area (TPSA) is 98.0 Å². The average molecular weight is 451 g/mol. The highest BCUT2D eigenvalue weighted by Gasteiger charge is 2.44. The fraction of sp³-hybridized carbons (Fsp3) is 0.263. The molecule has 11 heteroatoms. The Kier molecular flexibility index (Phi) is 6.09. The molecule has 2 aliphatic heterocycles. The third-order valence-electron chi connectivity index (χ3n) is 5.09. The van der Waals surface area contributed by atoms with Crippen LogP contribution >= 0.6 is 23.2 Å². The molecule has 0 aliphatic carbocycles. The highest BCUT2D eigenvalue weighted by molar-refractivity contribution is 6.42. The Labute approximate surface area is 183 Å². The van der Waals surface area contributed by atoms with Gasteiger partial charge in [-0.1, -0.05) is 35.3 Å². The molecule has 2 fully saturated rings. The van der Waals surface area contributed by atoms with Gasteiger partial charge in [0.05, 0.1) is 35.8 Å². The molecular weight excluding hydrogens is 431 g/mol. The van der Waals surface area contributed by atoms with Gasteiger partial charge >= 0.3 is 6.03 Å². The molecule has 2 aliphatic rings. The first-order valence-corrected chi connectivity index (χ1v) is 9.96. The zero-order valence-electron chi connectivity index (χ0n) is 16.0. The monoisotopic (exact) mass is 450 g/mol. The van der Waals surface area contributed by atoms with E-state index in [9.17, 15) is 9.59 Å². The lowest BCUT2D eigenvalue weighted by atomic mass is 10.00. The van der Waals surface area contributed by atoms with Crippen LogP contribution in [0.15, 0.2) is 42.5 Å². The molecule has 1 atom stereocenters. The van der Waals surface area contributed by atoms with E-state index < -0.39 is 18.1 Å². The summed E-state index contributed by atoms with van der Waals surface area (Å²) in [5.74, 6) is -0.215. The Hall–Kier alpha value is -2.40. The Bertz CT molecular complexity index is 952. The van der Waals surface area contributed by atoms with Crippen LogP contribution in [0.25, 0.3) is 0 Å². The number of methoxy groups -OCH3 is 1. The van der Waals surface area contributed by atoms with Crippen LogP contribution in [0.1, 0.15) is 5.56 Å². The number of nitrogens with one attached hydrogen (secondary N) is 4. The van der Waals surface area contributed by atoms with Crippen molar-refractivity contribution in [2.45, 2.75) is 12.7 Å². The smallest absolute Gasteiger partial charge is 0.331 e. The van der Waals surface area contributed by atoms with Crippen molar-refractivity contribution in [3.8, 4) is 5.75 Å². The summed E-state index contributed by atoms with van der Waals surface area (Å²) in [6.07, 6.45) is -0.427. The zero-order valence-corrected chi connectivity index (χ0v) is 17.5. The van der Waals surface area contributed by atoms with Crippen LogP contribution in [-0.4, -0.2) is 36.7 Å². The van der Waals surface area contributed by atoms with Crippen molar-refractivity contribution >= 4 is 40.8 Å². The minimum atomic E-state index is -0.565. The second kappa shape index (κ2) is 8.76. The molecule has 1 unspecified atom stereocenters. The lowest BCUT2D eigenvalue weighted by Crippen LogP contribution is -2.62. The van der Waals surface area contributed by atoms with Crippen molar-refractivity contribution < 1.29 is 14.3 Å². The van der Waals surface area contributed by atoms with Gasteiger partial charge < -0.3 is 4.74 Å². The SMILES string of the molecule is COc1ccc(N2CC(C3NNNN3)C(=O)N(Cc3cccc(Cl)c3Cl)C2=O)cc1. The van der Waals surface area contributed by atoms with Gasteiger partial charge in [-0.3, -0.25) is 14.6 Å². The molecule has 0 saturated carbocycles. The van der Waals surface area contributed by atoms with Crippen molar-refractivity contribution in [2.24, 2.45) is 5.92 Å². The summed E-state index contributed by atoms with van der Waals surface area (Å²) in [6.45, 7) is 0.200. The number of hydrogen-bond acceptors (Lipinski definition) is 7. The molecule has 0 spiro atoms. The number of carbonyl (C=O) groups is 2. The second-order valence-electron chi connectivity index (χ2n) is 6.85. The Morgan fingerprint density at radius 3 is 2.43 bits per heavy atom. The summed E-state index contributed by atoms with van der Waals surface area (Å²) >= 11 is 12.4. The number of carbonyl (C=O) groups excluding carboxylic acids is 2. The Balaban J connectivity index is 1.68. The van der Waals surface area contributed by atoms with Crippen molar-refractivity contribution in [3.05, 3.63) is 58.1 Å². The van der Waals surface area contributed by atoms with Crippen LogP contribution < -0.4 is 31.6 Å². The number of halogens is 2. The number of imide groups is 1. The van der Waals surface area contributed by atoms with Gasteiger partial charge in [-0.05, 0) is 35.9 Å². The van der Waals surface area contributed by atoms with Crippen LogP contribution in [-0.2, 0) is 11.3 Å². The maximum atomic E-state index is 13.3. The Morgan fingerprint density at radius 1 is 1.07 bits per heavy atom. The summed E-state index contributed by atoms with van der Waals surface area (Å²) in [5.41, 5.74) is 12.5. The fourth-order valence-electron chi connectivity index (χ4n) is 3.47. The van der Waals surface area contributed by atoms with Crippen molar-refractivity contribution in [2.75, 3.05) is 18.6 Å². The molecule has 0 aromatic heterocycles. The predicted octanol–water partition coefficient (Wildman–Crippen LogP) is 2.03. The number of hydrazine groups is 3. The van der Waals surface area contributed by atoms with Gasteiger partial charge in [0.25, 0.3) is 0 Å². The van der Waals surface area contributed by atoms with Gasteiger partial charge in [0.1, 0.15) is 5.75 Å². The summed E-state index contributed by atoms with van der Waals surface area (Å²) in [7, 11) is 1.57. The lowest BCUT2D eigenvalue weighted by molar-refractivity contribution is -0.134. The predicted molar refractivity (Wildman–Crippen MR) is 113 cm³/mol. The number of anilines is 1. The molecule has 2 saturated heterocycles. The minimum absolute atomic E-state index is 0.00773. The molecule has 3 amide bonds. The molecule has 158 valence electrons. The van der Waals surface area contributed by atoms with E-state index in [4.69, 9.17) is 27.9 Å². The molecule has 0 radical (unpaired) electrons. The molecule has 0 bridgehead atoms. The van der Waals surface area contributed by atoms with Gasteiger partial charge in [0.2, 0.25) is 5.91 Å². The number of amides is 3. The first kappa shape index (κ1) is 20.9. The van der Waals surface area contributed by atoms with Gasteiger partial charge in [0, 0.05) is 12.2 Å². The van der Waals surface area contributed by atoms with E-state index in [2.05, 4.69) is 21.9 Å². The van der Waals surface area contributed by atoms with Crippen molar-refractivity contribution in [1.29, 1.82) is 0 Å². The second-order valence-corrected chi connectivity index (χ2v) is 7.64. The quantitative estimate of drug-likeness (QED) is 0.553. The molecule has 2 aromatic rings. The summed E-state index contributed by atoms with van der Waals surface area (Å²) in [4.78, 5) is 29.3. The largest absolute Gasteiger partial charge is 0.497 e. The first-order chi connectivity index (χ1) is 14.5. The van der Waals surface area contributed by atoms with Crippen molar-refractivity contribution in [3.63, 3.8) is 0 Å². The molecular formula is C19H20Cl2N6O3. The number of hydrogen-bond donors (Lipinski definition) is 4. The third kappa shape index (κ3) is 3.95. The third-order valence-corrected chi connectivity index (χ3v) is 5.95. The van der Waals surface area contributed by atoms with E-state index in [1.165, 1.54) is 4.90 Å². The van der Waals surface area contributed by atoms with Crippen LogP contribution in [0.4, 0.5) is 10.5 Å². The number of benzene rings is 2. The van der Waals surface area contributed by atoms with E-state index >= 15 is 0 Å². The number of rotatable bonds is 5. The molecule has 4 N–H and O–H groups in total. The minimum Gasteiger partial charge on any atom is -0.497 e. The van der Waals surface area contributed by atoms with Crippen LogP contribution in [0.5, 0.6) is 5.75 Å². The van der Waals surface area contributed by atoms with E-state index in [-0.39, 0.29) is 19.0 Å². The van der Waals surface area contributed by atoms with E-state index in [0.29, 0.717) is 27.0 Å². The lowest BCUT2D eigenvalue weighted by Gasteiger charge is -2.40. The molecule has 4 rings (SSSR count). The number of nitrogens with zero attached hydrogens (tertiary/aromatic N) is 2. The Morgan fingerprint density at radius 2 is 1.77 bits per heavy atom. The fourth-order valence-corrected chi connectivity index (χ4v) is 3.85. The maximum absolute atomic E-state index is 13.3. The molecule has 30 heavy (non-hydrogen) atoms. The first-order valence-electron chi connectivity index (χ1n) is 9.20. The summed E-state index contributed by atoms with van der Waals surface area (Å²) < 4.78 is 5.20. The van der Waals surface area contributed by atoms with Crippen LogP contribution in [0, 0.1) is 5.92 Å². The maximum Gasteiger partial charge on any atom is 0.331 e. The molecule has 2 heterocycles. The highest BCUT2D eigenvalue weighted by atomic mass is 35.5. The number of ether oxygens (including phenoxy) is 1. The van der Waals surface area contributed by atoms with Gasteiger partial charge in [0.15, 0.2) is 0 Å². The van der Waals surface area contributed by atoms with Crippen LogP contribution in [0.3, 0.4) is 0 Å². The van der Waals surface area contributed by atoms with Gasteiger partial charge in [-0.15, -0.1) is 0 Å². The molecule has 9 nitrogen and oxygen atoms in total. The zero-order chi connectivity index (χ0) is 21.3.